The van der Waals surface area contributed by atoms with Crippen LogP contribution in [0.25, 0.3) is 0 Å². The number of aromatic carboxylic acids is 1. The molecule has 0 radical (unpaired) electrons. The third-order valence-electron chi connectivity index (χ3n) is 2.51. The van der Waals surface area contributed by atoms with Gasteiger partial charge in [0.2, 0.25) is 5.88 Å². The smallest absolute Gasteiger partial charge is 0.341 e. The zero-order valence-electron chi connectivity index (χ0n) is 9.42. The summed E-state index contributed by atoms with van der Waals surface area (Å²) in [5, 5.41) is 16.7. The highest BCUT2D eigenvalue weighted by molar-refractivity contribution is 5.90. The van der Waals surface area contributed by atoms with Gasteiger partial charge in [0, 0.05) is 19.2 Å². The zero-order valence-corrected chi connectivity index (χ0v) is 9.42. The van der Waals surface area contributed by atoms with Gasteiger partial charge in [0.15, 0.2) is 5.82 Å². The zero-order chi connectivity index (χ0) is 12.3. The summed E-state index contributed by atoms with van der Waals surface area (Å²) in [6.45, 7) is 2.58. The van der Waals surface area contributed by atoms with Gasteiger partial charge < -0.3 is 19.5 Å². The Morgan fingerprint density at radius 2 is 2.18 bits per heavy atom. The fourth-order valence-electron chi connectivity index (χ4n) is 1.62. The van der Waals surface area contributed by atoms with Gasteiger partial charge in [-0.1, -0.05) is 0 Å². The third kappa shape index (κ3) is 2.44. The third-order valence-corrected chi connectivity index (χ3v) is 2.51. The lowest BCUT2D eigenvalue weighted by Crippen LogP contribution is -2.37. The second-order valence-electron chi connectivity index (χ2n) is 3.53. The van der Waals surface area contributed by atoms with Crippen molar-refractivity contribution < 1.29 is 19.4 Å². The molecule has 2 heterocycles. The van der Waals surface area contributed by atoms with E-state index < -0.39 is 5.97 Å². The summed E-state index contributed by atoms with van der Waals surface area (Å²) in [6, 6.07) is 1.47. The summed E-state index contributed by atoms with van der Waals surface area (Å²) in [5.74, 6) is -0.521. The number of carboxylic acids is 1. The molecule has 0 atom stereocenters. The number of hydrogen-bond acceptors (Lipinski definition) is 6. The quantitative estimate of drug-likeness (QED) is 0.795. The minimum absolute atomic E-state index is 0.0176. The number of nitrogens with zero attached hydrogens (tertiary/aromatic N) is 3. The summed E-state index contributed by atoms with van der Waals surface area (Å²) in [4.78, 5) is 13.0. The van der Waals surface area contributed by atoms with Crippen molar-refractivity contribution in [2.75, 3.05) is 38.3 Å². The maximum absolute atomic E-state index is 11.0. The first-order chi connectivity index (χ1) is 8.22. The number of carbonyl (C=O) groups is 1. The van der Waals surface area contributed by atoms with E-state index in [1.165, 1.54) is 13.2 Å². The summed E-state index contributed by atoms with van der Waals surface area (Å²) >= 11 is 0. The number of methoxy groups -OCH3 is 1. The van der Waals surface area contributed by atoms with Crippen LogP contribution in [-0.4, -0.2) is 54.7 Å². The van der Waals surface area contributed by atoms with E-state index in [-0.39, 0.29) is 11.4 Å². The minimum Gasteiger partial charge on any atom is -0.479 e. The number of aromatic nitrogens is 2. The summed E-state index contributed by atoms with van der Waals surface area (Å²) in [6.07, 6.45) is 0. The van der Waals surface area contributed by atoms with Crippen molar-refractivity contribution in [3.63, 3.8) is 0 Å². The van der Waals surface area contributed by atoms with Crippen LogP contribution in [0.4, 0.5) is 5.82 Å². The molecule has 0 amide bonds. The van der Waals surface area contributed by atoms with E-state index in [1.54, 1.807) is 0 Å². The average molecular weight is 239 g/mol. The van der Waals surface area contributed by atoms with E-state index in [4.69, 9.17) is 14.6 Å². The molecular formula is C10H13N3O4. The van der Waals surface area contributed by atoms with Gasteiger partial charge in [-0.15, -0.1) is 10.2 Å². The largest absolute Gasteiger partial charge is 0.479 e. The lowest BCUT2D eigenvalue weighted by molar-refractivity contribution is 0.0692. The number of carboxylic acid groups (broad SMARTS) is 1. The van der Waals surface area contributed by atoms with E-state index in [9.17, 15) is 4.79 Å². The second kappa shape index (κ2) is 4.96. The normalized spacial score (nSPS) is 15.7. The van der Waals surface area contributed by atoms with Crippen molar-refractivity contribution in [3.8, 4) is 5.88 Å². The van der Waals surface area contributed by atoms with Crippen LogP contribution in [-0.2, 0) is 4.74 Å². The van der Waals surface area contributed by atoms with E-state index in [0.29, 0.717) is 32.1 Å². The number of morpholine rings is 1. The molecule has 0 bridgehead atoms. The first-order valence-corrected chi connectivity index (χ1v) is 5.20. The van der Waals surface area contributed by atoms with E-state index in [2.05, 4.69) is 10.2 Å². The molecule has 1 N–H and O–H groups in total. The molecular weight excluding hydrogens is 226 g/mol. The van der Waals surface area contributed by atoms with Crippen LogP contribution >= 0.6 is 0 Å². The van der Waals surface area contributed by atoms with E-state index in [0.717, 1.165) is 0 Å². The topological polar surface area (TPSA) is 84.8 Å². The number of hydrogen-bond donors (Lipinski definition) is 1. The Morgan fingerprint density at radius 1 is 1.47 bits per heavy atom. The van der Waals surface area contributed by atoms with Crippen molar-refractivity contribution >= 4 is 11.8 Å². The molecule has 7 heteroatoms. The van der Waals surface area contributed by atoms with Crippen LogP contribution in [0.2, 0.25) is 0 Å². The molecule has 0 spiro atoms. The molecule has 1 aliphatic heterocycles. The van der Waals surface area contributed by atoms with Crippen LogP contribution in [0.3, 0.4) is 0 Å². The summed E-state index contributed by atoms with van der Waals surface area (Å²) in [5.41, 5.74) is 0.0176. The highest BCUT2D eigenvalue weighted by Crippen LogP contribution is 2.20. The molecule has 7 nitrogen and oxygen atoms in total. The van der Waals surface area contributed by atoms with Gasteiger partial charge >= 0.3 is 5.97 Å². The highest BCUT2D eigenvalue weighted by Gasteiger charge is 2.19. The molecule has 0 unspecified atom stereocenters. The van der Waals surface area contributed by atoms with Crippen molar-refractivity contribution in [2.45, 2.75) is 0 Å². The van der Waals surface area contributed by atoms with Gasteiger partial charge in [0.25, 0.3) is 0 Å². The van der Waals surface area contributed by atoms with Crippen LogP contribution in [0.5, 0.6) is 5.88 Å². The van der Waals surface area contributed by atoms with Crippen LogP contribution in [0.1, 0.15) is 10.4 Å². The Kier molecular flexibility index (Phi) is 3.38. The van der Waals surface area contributed by atoms with Gasteiger partial charge in [-0.25, -0.2) is 4.79 Å². The van der Waals surface area contributed by atoms with Crippen molar-refractivity contribution in [3.05, 3.63) is 11.6 Å². The molecule has 92 valence electrons. The lowest BCUT2D eigenvalue weighted by Gasteiger charge is -2.27. The fourth-order valence-corrected chi connectivity index (χ4v) is 1.62. The maximum Gasteiger partial charge on any atom is 0.341 e. The first-order valence-electron chi connectivity index (χ1n) is 5.20. The molecule has 0 saturated carbocycles. The Hall–Kier alpha value is -1.89. The number of ether oxygens (including phenoxy) is 2. The Balaban J connectivity index is 2.29. The predicted octanol–water partition coefficient (Wildman–Crippen LogP) is 0.0200. The Bertz CT molecular complexity index is 418. The lowest BCUT2D eigenvalue weighted by atomic mass is 10.2. The summed E-state index contributed by atoms with van der Waals surface area (Å²) < 4.78 is 10.1. The molecule has 1 saturated heterocycles. The first kappa shape index (κ1) is 11.6. The van der Waals surface area contributed by atoms with E-state index >= 15 is 0 Å². The fraction of sp³-hybridized carbons (Fsp3) is 0.500. The maximum atomic E-state index is 11.0. The predicted molar refractivity (Wildman–Crippen MR) is 58.6 cm³/mol. The van der Waals surface area contributed by atoms with E-state index in [1.807, 2.05) is 4.90 Å². The van der Waals surface area contributed by atoms with Crippen LogP contribution in [0.15, 0.2) is 6.07 Å². The standard InChI is InChI=1S/C10H13N3O4/c1-16-9-7(10(14)15)6-8(11-12-9)13-2-4-17-5-3-13/h6H,2-5H2,1H3,(H,14,15). The highest BCUT2D eigenvalue weighted by atomic mass is 16.5. The molecule has 2 rings (SSSR count). The molecule has 0 aliphatic carbocycles. The molecule has 1 fully saturated rings. The van der Waals surface area contributed by atoms with Crippen molar-refractivity contribution in [1.82, 2.24) is 10.2 Å². The molecule has 1 aromatic rings. The number of anilines is 1. The number of rotatable bonds is 3. The second-order valence-corrected chi connectivity index (χ2v) is 3.53. The SMILES string of the molecule is COc1nnc(N2CCOCC2)cc1C(=O)O. The van der Waals surface area contributed by atoms with Crippen molar-refractivity contribution in [2.24, 2.45) is 0 Å². The van der Waals surface area contributed by atoms with Gasteiger partial charge in [-0.3, -0.25) is 0 Å². The van der Waals surface area contributed by atoms with Gasteiger partial charge in [-0.05, 0) is 0 Å². The molecule has 1 aliphatic rings. The van der Waals surface area contributed by atoms with Gasteiger partial charge in [0.1, 0.15) is 5.56 Å². The molecule has 0 aromatic carbocycles. The van der Waals surface area contributed by atoms with Crippen LogP contribution in [0, 0.1) is 0 Å². The van der Waals surface area contributed by atoms with Gasteiger partial charge in [-0.2, -0.15) is 0 Å². The molecule has 17 heavy (non-hydrogen) atoms. The van der Waals surface area contributed by atoms with Crippen molar-refractivity contribution in [1.29, 1.82) is 0 Å². The monoisotopic (exact) mass is 239 g/mol. The average Bonchev–Trinajstić information content (AvgIpc) is 2.39. The van der Waals surface area contributed by atoms with Gasteiger partial charge in [0.05, 0.1) is 20.3 Å². The summed E-state index contributed by atoms with van der Waals surface area (Å²) in [7, 11) is 1.37. The minimum atomic E-state index is -1.08. The molecule has 1 aromatic heterocycles. The Morgan fingerprint density at radius 3 is 2.76 bits per heavy atom. The van der Waals surface area contributed by atoms with Crippen LogP contribution < -0.4 is 9.64 Å². The Labute approximate surface area is 98.0 Å².